The van der Waals surface area contributed by atoms with Gasteiger partial charge in [-0.2, -0.15) is 18.4 Å². The molecule has 0 aliphatic carbocycles. The Morgan fingerprint density at radius 1 is 1.55 bits per heavy atom. The predicted octanol–water partition coefficient (Wildman–Crippen LogP) is 2.93. The second kappa shape index (κ2) is 6.13. The highest BCUT2D eigenvalue weighted by atomic mass is 32.2. The van der Waals surface area contributed by atoms with Crippen molar-refractivity contribution in [2.75, 3.05) is 7.11 Å². The van der Waals surface area contributed by atoms with Gasteiger partial charge < -0.3 is 4.74 Å². The Kier molecular flexibility index (Phi) is 5.00. The molecule has 108 valence electrons. The smallest absolute Gasteiger partial charge is 0.417 e. The number of rotatable bonds is 3. The van der Waals surface area contributed by atoms with E-state index in [9.17, 15) is 18.0 Å². The third kappa shape index (κ3) is 3.63. The molecule has 0 aliphatic heterocycles. The number of hydrogen-bond acceptors (Lipinski definition) is 5. The first-order chi connectivity index (χ1) is 9.20. The number of halogens is 3. The number of alkyl halides is 3. The molecule has 0 saturated carbocycles. The molecule has 0 spiro atoms. The number of aromatic nitrogens is 1. The minimum absolute atomic E-state index is 0.121. The standard InChI is InChI=1S/C12H11F3N2O2S/c1-6-4-9(12(13,14)15)8(5-16)10(17-6)20-7(2)11(18)19-3/h4,7H,1-3H3. The maximum Gasteiger partial charge on any atom is 0.417 e. The molecule has 0 saturated heterocycles. The summed E-state index contributed by atoms with van der Waals surface area (Å²) in [6, 6.07) is 2.32. The van der Waals surface area contributed by atoms with Crippen molar-refractivity contribution >= 4 is 17.7 Å². The average molecular weight is 304 g/mol. The van der Waals surface area contributed by atoms with Crippen molar-refractivity contribution in [1.29, 1.82) is 5.26 Å². The minimum Gasteiger partial charge on any atom is -0.468 e. The zero-order chi connectivity index (χ0) is 15.5. The van der Waals surface area contributed by atoms with Gasteiger partial charge in [0.15, 0.2) is 0 Å². The Balaban J connectivity index is 3.31. The average Bonchev–Trinajstić information content (AvgIpc) is 2.36. The Bertz CT molecular complexity index is 567. The van der Waals surface area contributed by atoms with E-state index in [0.29, 0.717) is 0 Å². The third-order valence-corrected chi connectivity index (χ3v) is 3.42. The molecule has 4 nitrogen and oxygen atoms in total. The van der Waals surface area contributed by atoms with Crippen molar-refractivity contribution < 1.29 is 22.7 Å². The molecule has 20 heavy (non-hydrogen) atoms. The van der Waals surface area contributed by atoms with Crippen LogP contribution in [0, 0.1) is 18.3 Å². The van der Waals surface area contributed by atoms with Crippen LogP contribution in [0.1, 0.15) is 23.7 Å². The van der Waals surface area contributed by atoms with Gasteiger partial charge in [-0.3, -0.25) is 4.79 Å². The molecule has 0 bridgehead atoms. The monoisotopic (exact) mass is 304 g/mol. The van der Waals surface area contributed by atoms with Crippen LogP contribution in [-0.4, -0.2) is 23.3 Å². The molecule has 0 N–H and O–H groups in total. The molecule has 1 rings (SSSR count). The van der Waals surface area contributed by atoms with Crippen LogP contribution in [0.15, 0.2) is 11.1 Å². The predicted molar refractivity (Wildman–Crippen MR) is 66.0 cm³/mol. The fourth-order valence-electron chi connectivity index (χ4n) is 1.44. The second-order valence-corrected chi connectivity index (χ2v) is 5.21. The summed E-state index contributed by atoms with van der Waals surface area (Å²) in [5.74, 6) is -0.601. The summed E-state index contributed by atoms with van der Waals surface area (Å²) >= 11 is 0.764. The van der Waals surface area contributed by atoms with Crippen molar-refractivity contribution in [2.45, 2.75) is 30.3 Å². The summed E-state index contributed by atoms with van der Waals surface area (Å²) in [6.07, 6.45) is -4.65. The summed E-state index contributed by atoms with van der Waals surface area (Å²) in [5.41, 5.74) is -1.51. The number of carbonyl (C=O) groups excluding carboxylic acids is 1. The fourth-order valence-corrected chi connectivity index (χ4v) is 2.44. The van der Waals surface area contributed by atoms with Crippen LogP contribution < -0.4 is 0 Å². The number of esters is 1. The molecule has 1 atom stereocenters. The molecule has 0 amide bonds. The fraction of sp³-hybridized carbons (Fsp3) is 0.417. The van der Waals surface area contributed by atoms with E-state index in [2.05, 4.69) is 9.72 Å². The van der Waals surface area contributed by atoms with E-state index in [1.165, 1.54) is 27.0 Å². The number of carbonyl (C=O) groups is 1. The SMILES string of the molecule is COC(=O)C(C)Sc1nc(C)cc(C(F)(F)F)c1C#N. The number of methoxy groups -OCH3 is 1. The van der Waals surface area contributed by atoms with Crippen LogP contribution in [-0.2, 0) is 15.7 Å². The summed E-state index contributed by atoms with van der Waals surface area (Å²) in [5, 5.41) is 8.05. The van der Waals surface area contributed by atoms with E-state index >= 15 is 0 Å². The van der Waals surface area contributed by atoms with E-state index < -0.39 is 28.5 Å². The maximum atomic E-state index is 12.9. The summed E-state index contributed by atoms with van der Waals surface area (Å²) in [7, 11) is 1.18. The zero-order valence-electron chi connectivity index (χ0n) is 10.9. The largest absolute Gasteiger partial charge is 0.468 e. The Morgan fingerprint density at radius 2 is 2.15 bits per heavy atom. The van der Waals surface area contributed by atoms with Crippen LogP contribution in [0.4, 0.5) is 13.2 Å². The number of pyridine rings is 1. The van der Waals surface area contributed by atoms with E-state index in [0.717, 1.165) is 17.8 Å². The highest BCUT2D eigenvalue weighted by Crippen LogP contribution is 2.36. The van der Waals surface area contributed by atoms with Crippen molar-refractivity contribution in [3.8, 4) is 6.07 Å². The highest BCUT2D eigenvalue weighted by molar-refractivity contribution is 8.00. The molecule has 0 fully saturated rings. The van der Waals surface area contributed by atoms with Gasteiger partial charge in [-0.1, -0.05) is 11.8 Å². The lowest BCUT2D eigenvalue weighted by Gasteiger charge is -2.14. The van der Waals surface area contributed by atoms with Gasteiger partial charge in [0.05, 0.1) is 18.2 Å². The molecule has 0 radical (unpaired) electrons. The number of nitriles is 1. The summed E-state index contributed by atoms with van der Waals surface area (Å²) < 4.78 is 43.1. The minimum atomic E-state index is -4.65. The molecule has 0 aliphatic rings. The van der Waals surface area contributed by atoms with Crippen molar-refractivity contribution in [2.24, 2.45) is 0 Å². The van der Waals surface area contributed by atoms with Gasteiger partial charge in [0.25, 0.3) is 0 Å². The quantitative estimate of drug-likeness (QED) is 0.634. The van der Waals surface area contributed by atoms with Crippen molar-refractivity contribution in [3.05, 3.63) is 22.9 Å². The molecule has 1 heterocycles. The van der Waals surface area contributed by atoms with Gasteiger partial charge in [-0.15, -0.1) is 0 Å². The van der Waals surface area contributed by atoms with Crippen LogP contribution in [0.2, 0.25) is 0 Å². The van der Waals surface area contributed by atoms with E-state index in [4.69, 9.17) is 5.26 Å². The molecular formula is C12H11F3N2O2S. The highest BCUT2D eigenvalue weighted by Gasteiger charge is 2.36. The van der Waals surface area contributed by atoms with Gasteiger partial charge in [0, 0.05) is 5.69 Å². The number of thioether (sulfide) groups is 1. The van der Waals surface area contributed by atoms with E-state index in [-0.39, 0.29) is 10.7 Å². The Labute approximate surface area is 117 Å². The van der Waals surface area contributed by atoms with Gasteiger partial charge in [0.2, 0.25) is 0 Å². The third-order valence-electron chi connectivity index (χ3n) is 2.35. The summed E-state index contributed by atoms with van der Waals surface area (Å²) in [6.45, 7) is 2.86. The lowest BCUT2D eigenvalue weighted by molar-refractivity contribution is -0.139. The van der Waals surface area contributed by atoms with Crippen molar-refractivity contribution in [1.82, 2.24) is 4.98 Å². The molecule has 0 aromatic carbocycles. The molecular weight excluding hydrogens is 293 g/mol. The van der Waals surface area contributed by atoms with Crippen LogP contribution in [0.5, 0.6) is 0 Å². The maximum absolute atomic E-state index is 12.9. The number of ether oxygens (including phenoxy) is 1. The number of nitrogens with zero attached hydrogens (tertiary/aromatic N) is 2. The van der Waals surface area contributed by atoms with Crippen LogP contribution >= 0.6 is 11.8 Å². The molecule has 1 unspecified atom stereocenters. The van der Waals surface area contributed by atoms with E-state index in [1.54, 1.807) is 0 Å². The topological polar surface area (TPSA) is 63.0 Å². The van der Waals surface area contributed by atoms with Gasteiger partial charge in [0.1, 0.15) is 16.3 Å². The van der Waals surface area contributed by atoms with Crippen LogP contribution in [0.25, 0.3) is 0 Å². The number of aryl methyl sites for hydroxylation is 1. The van der Waals surface area contributed by atoms with Gasteiger partial charge >= 0.3 is 12.1 Å². The lowest BCUT2D eigenvalue weighted by atomic mass is 10.1. The zero-order valence-corrected chi connectivity index (χ0v) is 11.7. The Hall–Kier alpha value is -1.75. The normalized spacial score (nSPS) is 12.7. The first kappa shape index (κ1) is 16.3. The molecule has 1 aromatic heterocycles. The second-order valence-electron chi connectivity index (χ2n) is 3.88. The first-order valence-electron chi connectivity index (χ1n) is 5.44. The van der Waals surface area contributed by atoms with E-state index in [1.807, 2.05) is 0 Å². The lowest BCUT2D eigenvalue weighted by Crippen LogP contribution is -2.16. The number of hydrogen-bond donors (Lipinski definition) is 0. The van der Waals surface area contributed by atoms with Crippen molar-refractivity contribution in [3.63, 3.8) is 0 Å². The molecule has 8 heteroatoms. The molecule has 1 aromatic rings. The van der Waals surface area contributed by atoms with Crippen LogP contribution in [0.3, 0.4) is 0 Å². The van der Waals surface area contributed by atoms with Gasteiger partial charge in [-0.25, -0.2) is 4.98 Å². The van der Waals surface area contributed by atoms with Gasteiger partial charge in [-0.05, 0) is 19.9 Å². The first-order valence-corrected chi connectivity index (χ1v) is 6.32. The summed E-state index contributed by atoms with van der Waals surface area (Å²) in [4.78, 5) is 15.2. The Morgan fingerprint density at radius 3 is 2.60 bits per heavy atom.